The quantitative estimate of drug-likeness (QED) is 0.554. The van der Waals surface area contributed by atoms with Crippen LogP contribution in [0.15, 0.2) is 62.7 Å². The molecule has 0 aliphatic heterocycles. The van der Waals surface area contributed by atoms with E-state index in [1.54, 1.807) is 12.1 Å². The van der Waals surface area contributed by atoms with Crippen LogP contribution < -0.4 is 5.43 Å². The van der Waals surface area contributed by atoms with Gasteiger partial charge < -0.3 is 9.52 Å². The summed E-state index contributed by atoms with van der Waals surface area (Å²) in [6.45, 7) is 0. The lowest BCUT2D eigenvalue weighted by Gasteiger charge is -2.03. The second-order valence-corrected chi connectivity index (χ2v) is 5.31. The number of hydrazone groups is 1. The summed E-state index contributed by atoms with van der Waals surface area (Å²) in [7, 11) is 0. The monoisotopic (exact) mass is 358 g/mol. The van der Waals surface area contributed by atoms with Crippen LogP contribution in [0.3, 0.4) is 0 Å². The Labute approximate surface area is 134 Å². The highest BCUT2D eigenvalue weighted by Gasteiger charge is 2.09. The van der Waals surface area contributed by atoms with Gasteiger partial charge in [-0.1, -0.05) is 30.3 Å². The van der Waals surface area contributed by atoms with Crippen molar-refractivity contribution in [3.63, 3.8) is 0 Å². The van der Waals surface area contributed by atoms with Gasteiger partial charge in [-0.15, -0.1) is 0 Å². The average molecular weight is 359 g/mol. The molecule has 1 amide bonds. The highest BCUT2D eigenvalue weighted by molar-refractivity contribution is 9.10. The number of nitrogens with one attached hydrogen (secondary N) is 1. The van der Waals surface area contributed by atoms with E-state index in [2.05, 4.69) is 26.5 Å². The van der Waals surface area contributed by atoms with E-state index < -0.39 is 5.91 Å². The fraction of sp³-hybridized carbons (Fsp3) is 0. The number of carbonyl (C=O) groups excluding carboxylic acids is 1. The summed E-state index contributed by atoms with van der Waals surface area (Å²) in [5.74, 6) is -0.203. The number of phenols is 1. The number of benzene rings is 2. The van der Waals surface area contributed by atoms with Crippen LogP contribution in [0.2, 0.25) is 0 Å². The summed E-state index contributed by atoms with van der Waals surface area (Å²) in [6, 6.07) is 14.2. The molecule has 0 spiro atoms. The third kappa shape index (κ3) is 2.87. The maximum absolute atomic E-state index is 11.7. The van der Waals surface area contributed by atoms with E-state index in [4.69, 9.17) is 4.42 Å². The zero-order valence-electron chi connectivity index (χ0n) is 11.3. The van der Waals surface area contributed by atoms with Crippen LogP contribution in [0.5, 0.6) is 5.75 Å². The standard InChI is InChI=1S/C16H11BrN2O3/c17-14-8-7-13(22-14)16(21)19-18-9-11-6-5-10-3-1-2-4-12(10)15(11)20/h1-9,20H,(H,19,21). The van der Waals surface area contributed by atoms with Crippen LogP contribution in [-0.4, -0.2) is 17.2 Å². The Morgan fingerprint density at radius 2 is 2.00 bits per heavy atom. The molecule has 3 aromatic rings. The highest BCUT2D eigenvalue weighted by atomic mass is 79.9. The highest BCUT2D eigenvalue weighted by Crippen LogP contribution is 2.27. The van der Waals surface area contributed by atoms with Crippen molar-refractivity contribution in [2.24, 2.45) is 5.10 Å². The van der Waals surface area contributed by atoms with Crippen LogP contribution in [0, 0.1) is 0 Å². The number of amides is 1. The van der Waals surface area contributed by atoms with Gasteiger partial charge in [0.05, 0.1) is 6.21 Å². The number of hydrogen-bond acceptors (Lipinski definition) is 4. The van der Waals surface area contributed by atoms with Crippen LogP contribution in [0.1, 0.15) is 16.1 Å². The van der Waals surface area contributed by atoms with Crippen LogP contribution in [0.4, 0.5) is 0 Å². The molecule has 0 saturated carbocycles. The number of aromatic hydroxyl groups is 1. The fourth-order valence-corrected chi connectivity index (χ4v) is 2.33. The summed E-state index contributed by atoms with van der Waals surface area (Å²) in [6.07, 6.45) is 1.39. The SMILES string of the molecule is O=C(NN=Cc1ccc2ccccc2c1O)c1ccc(Br)o1. The van der Waals surface area contributed by atoms with Gasteiger partial charge in [0.15, 0.2) is 10.4 Å². The van der Waals surface area contributed by atoms with Crippen LogP contribution >= 0.6 is 15.9 Å². The van der Waals surface area contributed by atoms with Gasteiger partial charge in [-0.3, -0.25) is 4.79 Å². The summed E-state index contributed by atoms with van der Waals surface area (Å²) in [5.41, 5.74) is 2.85. The molecule has 22 heavy (non-hydrogen) atoms. The number of hydrogen-bond donors (Lipinski definition) is 2. The van der Waals surface area contributed by atoms with Crippen molar-refractivity contribution in [1.29, 1.82) is 0 Å². The molecule has 5 nitrogen and oxygen atoms in total. The predicted octanol–water partition coefficient (Wildman–Crippen LogP) is 3.66. The summed E-state index contributed by atoms with van der Waals surface area (Å²) < 4.78 is 5.58. The van der Waals surface area contributed by atoms with E-state index in [1.165, 1.54) is 12.3 Å². The lowest BCUT2D eigenvalue weighted by Crippen LogP contribution is -2.16. The maximum atomic E-state index is 11.7. The van der Waals surface area contributed by atoms with Gasteiger partial charge in [0.1, 0.15) is 5.75 Å². The van der Waals surface area contributed by atoms with E-state index in [0.29, 0.717) is 10.2 Å². The second kappa shape index (κ2) is 6.03. The van der Waals surface area contributed by atoms with Gasteiger partial charge in [0.2, 0.25) is 0 Å². The van der Waals surface area contributed by atoms with E-state index >= 15 is 0 Å². The Kier molecular flexibility index (Phi) is 3.93. The molecule has 0 unspecified atom stereocenters. The molecule has 2 N–H and O–H groups in total. The first-order valence-electron chi connectivity index (χ1n) is 6.44. The molecule has 0 fully saturated rings. The van der Waals surface area contributed by atoms with Gasteiger partial charge in [0.25, 0.3) is 0 Å². The lowest BCUT2D eigenvalue weighted by molar-refractivity contribution is 0.0926. The van der Waals surface area contributed by atoms with Crippen molar-refractivity contribution in [3.8, 4) is 5.75 Å². The first-order valence-corrected chi connectivity index (χ1v) is 7.24. The molecule has 0 saturated heterocycles. The molecule has 0 bridgehead atoms. The minimum atomic E-state index is -0.470. The molecule has 0 aliphatic rings. The number of phenolic OH excluding ortho intramolecular Hbond substituents is 1. The topological polar surface area (TPSA) is 74.8 Å². The third-order valence-corrected chi connectivity index (χ3v) is 3.52. The minimum Gasteiger partial charge on any atom is -0.507 e. The van der Waals surface area contributed by atoms with Gasteiger partial charge in [-0.25, -0.2) is 5.43 Å². The second-order valence-electron chi connectivity index (χ2n) is 4.53. The molecule has 3 rings (SSSR count). The Balaban J connectivity index is 1.78. The summed E-state index contributed by atoms with van der Waals surface area (Å²) in [4.78, 5) is 11.7. The smallest absolute Gasteiger partial charge is 0.307 e. The van der Waals surface area contributed by atoms with Gasteiger partial charge >= 0.3 is 5.91 Å². The summed E-state index contributed by atoms with van der Waals surface area (Å²) in [5, 5.41) is 15.7. The largest absolute Gasteiger partial charge is 0.507 e. The molecule has 2 aromatic carbocycles. The normalized spacial score (nSPS) is 11.1. The van der Waals surface area contributed by atoms with Gasteiger partial charge in [-0.2, -0.15) is 5.10 Å². The zero-order chi connectivity index (χ0) is 15.5. The predicted molar refractivity (Wildman–Crippen MR) is 87.1 cm³/mol. The van der Waals surface area contributed by atoms with E-state index in [-0.39, 0.29) is 11.5 Å². The maximum Gasteiger partial charge on any atom is 0.307 e. The molecule has 1 aromatic heterocycles. The van der Waals surface area contributed by atoms with Crippen molar-refractivity contribution < 1.29 is 14.3 Å². The Bertz CT molecular complexity index is 871. The van der Waals surface area contributed by atoms with E-state index in [1.807, 2.05) is 30.3 Å². The molecule has 1 heterocycles. The Morgan fingerprint density at radius 3 is 2.77 bits per heavy atom. The molecule has 6 heteroatoms. The fourth-order valence-electron chi connectivity index (χ4n) is 2.03. The summed E-state index contributed by atoms with van der Waals surface area (Å²) >= 11 is 3.12. The Morgan fingerprint density at radius 1 is 1.18 bits per heavy atom. The van der Waals surface area contributed by atoms with Gasteiger partial charge in [-0.05, 0) is 39.5 Å². The van der Waals surface area contributed by atoms with Crippen molar-refractivity contribution in [2.45, 2.75) is 0 Å². The van der Waals surface area contributed by atoms with E-state index in [0.717, 1.165) is 10.8 Å². The van der Waals surface area contributed by atoms with Crippen molar-refractivity contribution in [3.05, 3.63) is 64.5 Å². The molecule has 0 radical (unpaired) electrons. The van der Waals surface area contributed by atoms with Crippen molar-refractivity contribution >= 4 is 38.8 Å². The van der Waals surface area contributed by atoms with Crippen LogP contribution in [0.25, 0.3) is 10.8 Å². The third-order valence-electron chi connectivity index (χ3n) is 3.10. The molecule has 0 atom stereocenters. The number of furan rings is 1. The molecule has 0 aliphatic carbocycles. The molecular formula is C16H11BrN2O3. The lowest BCUT2D eigenvalue weighted by atomic mass is 10.1. The molecular weight excluding hydrogens is 348 g/mol. The molecule has 110 valence electrons. The van der Waals surface area contributed by atoms with Crippen molar-refractivity contribution in [1.82, 2.24) is 5.43 Å². The zero-order valence-corrected chi connectivity index (χ0v) is 12.9. The number of fused-ring (bicyclic) bond motifs is 1. The van der Waals surface area contributed by atoms with Crippen LogP contribution in [-0.2, 0) is 0 Å². The first kappa shape index (κ1) is 14.3. The Hall–Kier alpha value is -2.60. The van der Waals surface area contributed by atoms with Crippen molar-refractivity contribution in [2.75, 3.05) is 0 Å². The van der Waals surface area contributed by atoms with Gasteiger partial charge in [0, 0.05) is 10.9 Å². The number of halogens is 1. The minimum absolute atomic E-state index is 0.122. The first-order chi connectivity index (χ1) is 10.6. The number of carbonyl (C=O) groups is 1. The average Bonchev–Trinajstić information content (AvgIpc) is 2.96. The number of rotatable bonds is 3. The number of nitrogens with zero attached hydrogens (tertiary/aromatic N) is 1. The van der Waals surface area contributed by atoms with E-state index in [9.17, 15) is 9.90 Å².